The molecule has 0 saturated carbocycles. The van der Waals surface area contributed by atoms with Crippen LogP contribution < -0.4 is 4.74 Å². The Morgan fingerprint density at radius 2 is 1.78 bits per heavy atom. The number of rotatable bonds is 3. The summed E-state index contributed by atoms with van der Waals surface area (Å²) in [6, 6.07) is 0. The standard InChI is InChI=1S/C12H17NO5/c1-12(2)17-6-8-7(3-14)9(4-15)13-10(5-16)11(8)18-12/h14-16H,3-6H2,1-2H3. The van der Waals surface area contributed by atoms with Gasteiger partial charge in [-0.2, -0.15) is 0 Å². The molecule has 3 N–H and O–H groups in total. The van der Waals surface area contributed by atoms with Crippen molar-refractivity contribution >= 4 is 0 Å². The first kappa shape index (κ1) is 13.2. The van der Waals surface area contributed by atoms with Crippen LogP contribution >= 0.6 is 0 Å². The van der Waals surface area contributed by atoms with E-state index in [1.807, 2.05) is 0 Å². The minimum atomic E-state index is -0.800. The predicted octanol–water partition coefficient (Wildman–Crippen LogP) is 0.204. The molecule has 100 valence electrons. The minimum absolute atomic E-state index is 0.251. The van der Waals surface area contributed by atoms with Crippen LogP contribution in [0.5, 0.6) is 5.75 Å². The third kappa shape index (κ3) is 2.20. The molecular weight excluding hydrogens is 238 g/mol. The zero-order valence-electron chi connectivity index (χ0n) is 10.4. The Hall–Kier alpha value is -1.21. The summed E-state index contributed by atoms with van der Waals surface area (Å²) in [4.78, 5) is 4.12. The van der Waals surface area contributed by atoms with E-state index >= 15 is 0 Å². The molecule has 0 atom stereocenters. The van der Waals surface area contributed by atoms with Crippen LogP contribution in [0.4, 0.5) is 0 Å². The molecule has 0 saturated heterocycles. The smallest absolute Gasteiger partial charge is 0.205 e. The maximum Gasteiger partial charge on any atom is 0.205 e. The highest BCUT2D eigenvalue weighted by Gasteiger charge is 2.32. The Labute approximate surface area is 105 Å². The fourth-order valence-electron chi connectivity index (χ4n) is 1.99. The van der Waals surface area contributed by atoms with Gasteiger partial charge in [-0.25, -0.2) is 4.98 Å². The number of pyridine rings is 1. The first-order valence-electron chi connectivity index (χ1n) is 5.71. The number of ether oxygens (including phenoxy) is 2. The lowest BCUT2D eigenvalue weighted by molar-refractivity contribution is -0.181. The zero-order chi connectivity index (χ0) is 13.3. The van der Waals surface area contributed by atoms with Crippen molar-refractivity contribution in [3.63, 3.8) is 0 Å². The molecular formula is C12H17NO5. The van der Waals surface area contributed by atoms with Crippen molar-refractivity contribution in [2.75, 3.05) is 0 Å². The lowest BCUT2D eigenvalue weighted by Crippen LogP contribution is -2.36. The molecule has 0 spiro atoms. The first-order chi connectivity index (χ1) is 8.52. The summed E-state index contributed by atoms with van der Waals surface area (Å²) in [6.07, 6.45) is 0. The van der Waals surface area contributed by atoms with Crippen LogP contribution in [0.1, 0.15) is 36.4 Å². The van der Waals surface area contributed by atoms with Crippen LogP contribution in [0.25, 0.3) is 0 Å². The van der Waals surface area contributed by atoms with Crippen LogP contribution in [0.15, 0.2) is 0 Å². The molecule has 6 nitrogen and oxygen atoms in total. The lowest BCUT2D eigenvalue weighted by Gasteiger charge is -2.34. The van der Waals surface area contributed by atoms with Gasteiger partial charge in [0.05, 0.1) is 32.1 Å². The van der Waals surface area contributed by atoms with Gasteiger partial charge < -0.3 is 24.8 Å². The number of hydrogen-bond donors (Lipinski definition) is 3. The number of aliphatic hydroxyl groups is 3. The van der Waals surface area contributed by atoms with E-state index in [-0.39, 0.29) is 26.4 Å². The van der Waals surface area contributed by atoms with Crippen molar-refractivity contribution in [3.8, 4) is 5.75 Å². The van der Waals surface area contributed by atoms with Gasteiger partial charge in [0.1, 0.15) is 5.69 Å². The average molecular weight is 255 g/mol. The van der Waals surface area contributed by atoms with Crippen molar-refractivity contribution in [1.29, 1.82) is 0 Å². The van der Waals surface area contributed by atoms with Gasteiger partial charge in [0.25, 0.3) is 0 Å². The van der Waals surface area contributed by atoms with E-state index in [2.05, 4.69) is 4.98 Å². The Bertz CT molecular complexity index is 458. The monoisotopic (exact) mass is 255 g/mol. The van der Waals surface area contributed by atoms with Crippen LogP contribution in [0, 0.1) is 0 Å². The normalized spacial score (nSPS) is 17.2. The number of hydrogen-bond acceptors (Lipinski definition) is 6. The van der Waals surface area contributed by atoms with Crippen LogP contribution in [-0.4, -0.2) is 26.1 Å². The molecule has 2 rings (SSSR count). The van der Waals surface area contributed by atoms with E-state index in [0.717, 1.165) is 0 Å². The fraction of sp³-hybridized carbons (Fsp3) is 0.583. The molecule has 1 aromatic heterocycles. The second-order valence-corrected chi connectivity index (χ2v) is 4.56. The highest BCUT2D eigenvalue weighted by molar-refractivity contribution is 5.46. The number of nitrogens with zero attached hydrogens (tertiary/aromatic N) is 1. The van der Waals surface area contributed by atoms with Gasteiger partial charge in [-0.3, -0.25) is 0 Å². The summed E-state index contributed by atoms with van der Waals surface area (Å²) in [7, 11) is 0. The lowest BCUT2D eigenvalue weighted by atomic mass is 10.0. The Morgan fingerprint density at radius 3 is 2.33 bits per heavy atom. The molecule has 0 unspecified atom stereocenters. The molecule has 0 aliphatic carbocycles. The molecule has 2 heterocycles. The summed E-state index contributed by atoms with van der Waals surface area (Å²) < 4.78 is 11.2. The van der Waals surface area contributed by atoms with Gasteiger partial charge in [0.2, 0.25) is 5.79 Å². The summed E-state index contributed by atoms with van der Waals surface area (Å²) in [5, 5.41) is 27.9. The van der Waals surface area contributed by atoms with Crippen molar-refractivity contribution in [2.24, 2.45) is 0 Å². The molecule has 0 bridgehead atoms. The molecule has 1 aliphatic rings. The van der Waals surface area contributed by atoms with E-state index in [1.165, 1.54) is 0 Å². The number of aromatic nitrogens is 1. The minimum Gasteiger partial charge on any atom is -0.461 e. The second kappa shape index (κ2) is 4.81. The molecule has 1 aromatic rings. The van der Waals surface area contributed by atoms with Crippen LogP contribution in [0.2, 0.25) is 0 Å². The predicted molar refractivity (Wildman–Crippen MR) is 61.5 cm³/mol. The van der Waals surface area contributed by atoms with E-state index < -0.39 is 5.79 Å². The van der Waals surface area contributed by atoms with Gasteiger partial charge in [-0.1, -0.05) is 0 Å². The average Bonchev–Trinajstić information content (AvgIpc) is 2.35. The van der Waals surface area contributed by atoms with Crippen LogP contribution in [0.3, 0.4) is 0 Å². The Morgan fingerprint density at radius 1 is 1.11 bits per heavy atom. The molecule has 0 radical (unpaired) electrons. The second-order valence-electron chi connectivity index (χ2n) is 4.56. The Balaban J connectivity index is 2.60. The summed E-state index contributed by atoms with van der Waals surface area (Å²) >= 11 is 0. The molecule has 6 heteroatoms. The third-order valence-electron chi connectivity index (χ3n) is 2.89. The maximum atomic E-state index is 9.37. The number of fused-ring (bicyclic) bond motifs is 1. The van der Waals surface area contributed by atoms with E-state index in [0.29, 0.717) is 28.3 Å². The van der Waals surface area contributed by atoms with Gasteiger partial charge >= 0.3 is 0 Å². The molecule has 0 amide bonds. The van der Waals surface area contributed by atoms with Crippen molar-refractivity contribution in [1.82, 2.24) is 4.98 Å². The first-order valence-corrected chi connectivity index (χ1v) is 5.71. The van der Waals surface area contributed by atoms with E-state index in [1.54, 1.807) is 13.8 Å². The largest absolute Gasteiger partial charge is 0.461 e. The fourth-order valence-corrected chi connectivity index (χ4v) is 1.99. The topological polar surface area (TPSA) is 92.0 Å². The molecule has 1 aliphatic heterocycles. The molecule has 0 fully saturated rings. The van der Waals surface area contributed by atoms with Gasteiger partial charge in [-0.15, -0.1) is 0 Å². The maximum absolute atomic E-state index is 9.37. The summed E-state index contributed by atoms with van der Waals surface area (Å²) in [5.74, 6) is -0.360. The van der Waals surface area contributed by atoms with Crippen LogP contribution in [-0.2, 0) is 31.2 Å². The highest BCUT2D eigenvalue weighted by atomic mass is 16.7. The zero-order valence-corrected chi connectivity index (χ0v) is 10.4. The van der Waals surface area contributed by atoms with Gasteiger partial charge in [0.15, 0.2) is 5.75 Å². The molecule has 0 aromatic carbocycles. The molecule has 18 heavy (non-hydrogen) atoms. The third-order valence-corrected chi connectivity index (χ3v) is 2.89. The SMILES string of the molecule is CC1(C)OCc2c(CO)c(CO)nc(CO)c2O1. The van der Waals surface area contributed by atoms with Gasteiger partial charge in [-0.05, 0) is 0 Å². The van der Waals surface area contributed by atoms with E-state index in [9.17, 15) is 15.3 Å². The summed E-state index contributed by atoms with van der Waals surface area (Å²) in [6.45, 7) is 2.91. The highest BCUT2D eigenvalue weighted by Crippen LogP contribution is 2.36. The van der Waals surface area contributed by atoms with Crippen molar-refractivity contribution in [2.45, 2.75) is 46.1 Å². The van der Waals surface area contributed by atoms with Crippen molar-refractivity contribution in [3.05, 3.63) is 22.5 Å². The van der Waals surface area contributed by atoms with Crippen molar-refractivity contribution < 1.29 is 24.8 Å². The quantitative estimate of drug-likeness (QED) is 0.714. The van der Waals surface area contributed by atoms with Gasteiger partial charge in [0, 0.05) is 25.0 Å². The summed E-state index contributed by atoms with van der Waals surface area (Å²) in [5.41, 5.74) is 1.83. The van der Waals surface area contributed by atoms with E-state index in [4.69, 9.17) is 9.47 Å². The number of aliphatic hydroxyl groups excluding tert-OH is 3. The Kier molecular flexibility index (Phi) is 3.54.